The molecule has 1 rings (SSSR count). The van der Waals surface area contributed by atoms with Crippen LogP contribution in [0.2, 0.25) is 0 Å². The van der Waals surface area contributed by atoms with Crippen molar-refractivity contribution in [2.45, 2.75) is 96.0 Å². The van der Waals surface area contributed by atoms with Crippen LogP contribution in [-0.2, 0) is 4.79 Å². The molecule has 0 heterocycles. The second kappa shape index (κ2) is 12.1. The maximum atomic E-state index is 11.7. The van der Waals surface area contributed by atoms with Gasteiger partial charge in [-0.3, -0.25) is 4.79 Å². The third kappa shape index (κ3) is 9.30. The van der Waals surface area contributed by atoms with E-state index < -0.39 is 6.10 Å². The molecule has 0 aromatic rings. The topological polar surface area (TPSA) is 37.3 Å². The van der Waals surface area contributed by atoms with Gasteiger partial charge in [0.05, 0.1) is 0 Å². The molecule has 0 saturated carbocycles. The van der Waals surface area contributed by atoms with E-state index in [4.69, 9.17) is 0 Å². The number of Topliss-reactive ketones (excluding diaryl/α,β-unsaturated/α-hetero) is 1. The van der Waals surface area contributed by atoms with Gasteiger partial charge in [0, 0.05) is 6.42 Å². The van der Waals surface area contributed by atoms with E-state index in [1.807, 2.05) is 0 Å². The highest BCUT2D eigenvalue weighted by atomic mass is 16.3. The maximum absolute atomic E-state index is 11.7. The zero-order valence-electron chi connectivity index (χ0n) is 13.0. The summed E-state index contributed by atoms with van der Waals surface area (Å²) in [4.78, 5) is 11.7. The average Bonchev–Trinajstić information content (AvgIpc) is 2.45. The van der Waals surface area contributed by atoms with Crippen molar-refractivity contribution in [2.75, 3.05) is 0 Å². The number of aliphatic hydroxyl groups is 1. The van der Waals surface area contributed by atoms with Crippen molar-refractivity contribution in [3.05, 3.63) is 12.2 Å². The van der Waals surface area contributed by atoms with Crippen LogP contribution in [-0.4, -0.2) is 17.0 Å². The van der Waals surface area contributed by atoms with Gasteiger partial charge in [-0.15, -0.1) is 0 Å². The Labute approximate surface area is 124 Å². The van der Waals surface area contributed by atoms with E-state index >= 15 is 0 Å². The minimum Gasteiger partial charge on any atom is -0.385 e. The second-order valence-electron chi connectivity index (χ2n) is 6.11. The van der Waals surface area contributed by atoms with Gasteiger partial charge in [-0.05, 0) is 38.5 Å². The number of ketones is 1. The lowest BCUT2D eigenvalue weighted by Gasteiger charge is -2.09. The van der Waals surface area contributed by atoms with E-state index in [0.29, 0.717) is 12.8 Å². The summed E-state index contributed by atoms with van der Waals surface area (Å²) >= 11 is 0. The van der Waals surface area contributed by atoms with Crippen molar-refractivity contribution in [3.8, 4) is 0 Å². The number of carbonyl (C=O) groups excluding carboxylic acids is 1. The standard InChI is InChI=1S/C18H32O2/c19-17-15-13-11-9-7-5-3-1-2-4-6-8-10-12-14-16-18(17)20/h1,3,18,20H,2,4-16H2. The molecule has 0 amide bonds. The summed E-state index contributed by atoms with van der Waals surface area (Å²) in [7, 11) is 0. The molecule has 1 N–H and O–H groups in total. The van der Waals surface area contributed by atoms with Gasteiger partial charge in [-0.2, -0.15) is 0 Å². The number of carbonyl (C=O) groups is 1. The molecule has 0 fully saturated rings. The van der Waals surface area contributed by atoms with Gasteiger partial charge in [0.1, 0.15) is 6.10 Å². The lowest BCUT2D eigenvalue weighted by molar-refractivity contribution is -0.127. The number of hydrogen-bond donors (Lipinski definition) is 1. The van der Waals surface area contributed by atoms with Crippen LogP contribution in [0.1, 0.15) is 89.9 Å². The van der Waals surface area contributed by atoms with Crippen molar-refractivity contribution >= 4 is 5.78 Å². The Balaban J connectivity index is 2.25. The predicted octanol–water partition coefficient (Wildman–Crippen LogP) is 4.95. The van der Waals surface area contributed by atoms with Gasteiger partial charge >= 0.3 is 0 Å². The Morgan fingerprint density at radius 3 is 1.90 bits per heavy atom. The highest BCUT2D eigenvalue weighted by Gasteiger charge is 2.13. The van der Waals surface area contributed by atoms with Crippen molar-refractivity contribution in [1.82, 2.24) is 0 Å². The minimum absolute atomic E-state index is 0.0611. The summed E-state index contributed by atoms with van der Waals surface area (Å²) in [5.41, 5.74) is 0. The van der Waals surface area contributed by atoms with E-state index in [0.717, 1.165) is 25.7 Å². The molecule has 0 radical (unpaired) electrons. The molecule has 116 valence electrons. The van der Waals surface area contributed by atoms with Crippen molar-refractivity contribution in [3.63, 3.8) is 0 Å². The van der Waals surface area contributed by atoms with Crippen LogP contribution in [0.4, 0.5) is 0 Å². The third-order valence-corrected chi connectivity index (χ3v) is 4.18. The molecular formula is C18H32O2. The molecule has 0 bridgehead atoms. The highest BCUT2D eigenvalue weighted by molar-refractivity contribution is 5.82. The Morgan fingerprint density at radius 1 is 0.750 bits per heavy atom. The minimum atomic E-state index is -0.697. The van der Waals surface area contributed by atoms with E-state index in [1.54, 1.807) is 0 Å². The molecule has 0 aromatic heterocycles. The van der Waals surface area contributed by atoms with Gasteiger partial charge in [-0.1, -0.05) is 57.1 Å². The van der Waals surface area contributed by atoms with Crippen molar-refractivity contribution in [1.29, 1.82) is 0 Å². The van der Waals surface area contributed by atoms with Crippen molar-refractivity contribution < 1.29 is 9.90 Å². The van der Waals surface area contributed by atoms with Crippen LogP contribution in [0.25, 0.3) is 0 Å². The summed E-state index contributed by atoms with van der Waals surface area (Å²) in [6.45, 7) is 0. The second-order valence-corrected chi connectivity index (χ2v) is 6.11. The summed E-state index contributed by atoms with van der Waals surface area (Å²) < 4.78 is 0. The Hall–Kier alpha value is -0.630. The molecular weight excluding hydrogens is 248 g/mol. The summed E-state index contributed by atoms with van der Waals surface area (Å²) in [6.07, 6.45) is 19.4. The molecule has 0 aromatic carbocycles. The third-order valence-electron chi connectivity index (χ3n) is 4.18. The quantitative estimate of drug-likeness (QED) is 0.638. The van der Waals surface area contributed by atoms with Crippen LogP contribution >= 0.6 is 0 Å². The van der Waals surface area contributed by atoms with Gasteiger partial charge in [0.25, 0.3) is 0 Å². The zero-order chi connectivity index (χ0) is 14.5. The fourth-order valence-electron chi connectivity index (χ4n) is 2.79. The van der Waals surface area contributed by atoms with E-state index in [2.05, 4.69) is 12.2 Å². The summed E-state index contributed by atoms with van der Waals surface area (Å²) in [5.74, 6) is 0.0611. The lowest BCUT2D eigenvalue weighted by Crippen LogP contribution is -2.19. The first-order chi connectivity index (χ1) is 9.80. The first kappa shape index (κ1) is 17.4. The molecule has 2 nitrogen and oxygen atoms in total. The van der Waals surface area contributed by atoms with Crippen LogP contribution in [0.3, 0.4) is 0 Å². The highest BCUT2D eigenvalue weighted by Crippen LogP contribution is 2.13. The fraction of sp³-hybridized carbons (Fsp3) is 0.833. The van der Waals surface area contributed by atoms with Crippen LogP contribution in [0, 0.1) is 0 Å². The van der Waals surface area contributed by atoms with Gasteiger partial charge < -0.3 is 5.11 Å². The zero-order valence-corrected chi connectivity index (χ0v) is 13.0. The number of hydrogen-bond acceptors (Lipinski definition) is 2. The molecule has 1 aliphatic rings. The molecule has 1 atom stereocenters. The Bertz CT molecular complexity index is 271. The number of rotatable bonds is 0. The molecule has 0 aliphatic heterocycles. The van der Waals surface area contributed by atoms with Gasteiger partial charge in [0.15, 0.2) is 5.78 Å². The average molecular weight is 280 g/mol. The van der Waals surface area contributed by atoms with Gasteiger partial charge in [0.2, 0.25) is 0 Å². The lowest BCUT2D eigenvalue weighted by atomic mass is 10.0. The van der Waals surface area contributed by atoms with Crippen molar-refractivity contribution in [2.24, 2.45) is 0 Å². The molecule has 0 saturated heterocycles. The van der Waals surface area contributed by atoms with Crippen LogP contribution in [0.15, 0.2) is 12.2 Å². The molecule has 20 heavy (non-hydrogen) atoms. The first-order valence-electron chi connectivity index (χ1n) is 8.66. The first-order valence-corrected chi connectivity index (χ1v) is 8.66. The predicted molar refractivity (Wildman–Crippen MR) is 84.8 cm³/mol. The normalized spacial score (nSPS) is 25.9. The molecule has 0 spiro atoms. The maximum Gasteiger partial charge on any atom is 0.161 e. The molecule has 1 aliphatic carbocycles. The van der Waals surface area contributed by atoms with Crippen LogP contribution < -0.4 is 0 Å². The summed E-state index contributed by atoms with van der Waals surface area (Å²) in [5, 5.41) is 9.81. The Morgan fingerprint density at radius 2 is 1.25 bits per heavy atom. The fourth-order valence-corrected chi connectivity index (χ4v) is 2.79. The van der Waals surface area contributed by atoms with E-state index in [1.165, 1.54) is 51.4 Å². The van der Waals surface area contributed by atoms with Crippen LogP contribution in [0.5, 0.6) is 0 Å². The summed E-state index contributed by atoms with van der Waals surface area (Å²) in [6, 6.07) is 0. The monoisotopic (exact) mass is 280 g/mol. The molecule has 2 heteroatoms. The smallest absolute Gasteiger partial charge is 0.161 e. The SMILES string of the molecule is O=C1CCCCCCC=CCCCCCCCCC1O. The van der Waals surface area contributed by atoms with Gasteiger partial charge in [-0.25, -0.2) is 0 Å². The number of aliphatic hydroxyl groups excluding tert-OH is 1. The number of allylic oxidation sites excluding steroid dienone is 2. The van der Waals surface area contributed by atoms with E-state index in [-0.39, 0.29) is 5.78 Å². The molecule has 1 unspecified atom stereocenters. The Kier molecular flexibility index (Phi) is 10.6. The largest absolute Gasteiger partial charge is 0.385 e. The van der Waals surface area contributed by atoms with E-state index in [9.17, 15) is 9.90 Å².